The van der Waals surface area contributed by atoms with Crippen LogP contribution in [0.1, 0.15) is 40.0 Å². The first kappa shape index (κ1) is 13.9. The van der Waals surface area contributed by atoms with Crippen molar-refractivity contribution in [3.63, 3.8) is 0 Å². The first-order valence-corrected chi connectivity index (χ1v) is 6.33. The van der Waals surface area contributed by atoms with E-state index in [9.17, 15) is 10.2 Å². The molecule has 1 aliphatic carbocycles. The average molecular weight is 229 g/mol. The Morgan fingerprint density at radius 1 is 1.31 bits per heavy atom. The molecule has 0 amide bonds. The van der Waals surface area contributed by atoms with E-state index in [1.807, 2.05) is 0 Å². The molecule has 0 aromatic carbocycles. The molecule has 1 atom stereocenters. The van der Waals surface area contributed by atoms with Gasteiger partial charge in [-0.2, -0.15) is 0 Å². The van der Waals surface area contributed by atoms with E-state index in [-0.39, 0.29) is 17.6 Å². The number of aliphatic hydroxyl groups excluding tert-OH is 2. The highest BCUT2D eigenvalue weighted by Gasteiger charge is 2.28. The lowest BCUT2D eigenvalue weighted by Crippen LogP contribution is -2.38. The molecule has 1 rings (SSSR count). The molecular weight excluding hydrogens is 202 g/mol. The van der Waals surface area contributed by atoms with Gasteiger partial charge >= 0.3 is 0 Å². The average Bonchev–Trinajstić information content (AvgIpc) is 2.10. The molecule has 0 bridgehead atoms. The molecule has 1 fully saturated rings. The van der Waals surface area contributed by atoms with E-state index in [4.69, 9.17) is 0 Å². The summed E-state index contributed by atoms with van der Waals surface area (Å²) in [6.07, 6.45) is 2.44. The van der Waals surface area contributed by atoms with Crippen LogP contribution in [0.2, 0.25) is 0 Å². The molecule has 0 aromatic rings. The Balaban J connectivity index is 2.13. The maximum absolute atomic E-state index is 9.92. The van der Waals surface area contributed by atoms with E-state index >= 15 is 0 Å². The van der Waals surface area contributed by atoms with Crippen molar-refractivity contribution in [3.8, 4) is 0 Å². The maximum atomic E-state index is 9.92. The summed E-state index contributed by atoms with van der Waals surface area (Å²) >= 11 is 0. The molecule has 0 aliphatic heterocycles. The van der Waals surface area contributed by atoms with Crippen LogP contribution in [-0.4, -0.2) is 47.5 Å². The molecule has 3 heteroatoms. The predicted molar refractivity (Wildman–Crippen MR) is 66.3 cm³/mol. The van der Waals surface area contributed by atoms with E-state index in [2.05, 4.69) is 32.7 Å². The normalized spacial score (nSPS) is 27.9. The summed E-state index contributed by atoms with van der Waals surface area (Å²) in [6, 6.07) is 0. The quantitative estimate of drug-likeness (QED) is 0.750. The van der Waals surface area contributed by atoms with Crippen molar-refractivity contribution in [2.75, 3.05) is 20.1 Å². The van der Waals surface area contributed by atoms with Gasteiger partial charge in [-0.1, -0.05) is 20.8 Å². The lowest BCUT2D eigenvalue weighted by molar-refractivity contribution is 0.0191. The third-order valence-electron chi connectivity index (χ3n) is 3.56. The fourth-order valence-corrected chi connectivity index (χ4v) is 2.16. The first-order valence-electron chi connectivity index (χ1n) is 6.33. The van der Waals surface area contributed by atoms with E-state index in [0.717, 1.165) is 32.4 Å². The zero-order valence-corrected chi connectivity index (χ0v) is 11.1. The predicted octanol–water partition coefficient (Wildman–Crippen LogP) is 1.49. The van der Waals surface area contributed by atoms with Gasteiger partial charge in [-0.05, 0) is 37.6 Å². The topological polar surface area (TPSA) is 43.7 Å². The molecule has 0 aromatic heterocycles. The van der Waals surface area contributed by atoms with Gasteiger partial charge in [0.05, 0.1) is 12.2 Å². The monoisotopic (exact) mass is 229 g/mol. The van der Waals surface area contributed by atoms with Crippen LogP contribution in [0.25, 0.3) is 0 Å². The molecule has 0 radical (unpaired) electrons. The van der Waals surface area contributed by atoms with Crippen LogP contribution < -0.4 is 0 Å². The minimum absolute atomic E-state index is 0.0203. The van der Waals surface area contributed by atoms with Gasteiger partial charge in [0.1, 0.15) is 0 Å². The number of hydrogen-bond donors (Lipinski definition) is 2. The molecule has 1 aliphatic rings. The SMILES string of the molecule is CN(CCC(O)C(C)(C)C)CC1CC(O)C1. The summed E-state index contributed by atoms with van der Waals surface area (Å²) in [4.78, 5) is 2.27. The smallest absolute Gasteiger partial charge is 0.0600 e. The van der Waals surface area contributed by atoms with Gasteiger partial charge in [0, 0.05) is 13.1 Å². The zero-order valence-electron chi connectivity index (χ0n) is 11.1. The second-order valence-electron chi connectivity index (χ2n) is 6.42. The third kappa shape index (κ3) is 4.40. The van der Waals surface area contributed by atoms with Crippen LogP contribution >= 0.6 is 0 Å². The van der Waals surface area contributed by atoms with Crippen molar-refractivity contribution in [1.82, 2.24) is 4.90 Å². The second-order valence-corrected chi connectivity index (χ2v) is 6.42. The largest absolute Gasteiger partial charge is 0.393 e. The molecule has 1 unspecified atom stereocenters. The summed E-state index contributed by atoms with van der Waals surface area (Å²) in [5.41, 5.74) is -0.0203. The van der Waals surface area contributed by atoms with Crippen molar-refractivity contribution >= 4 is 0 Å². The third-order valence-corrected chi connectivity index (χ3v) is 3.56. The number of aliphatic hydroxyl groups is 2. The molecule has 96 valence electrons. The van der Waals surface area contributed by atoms with Crippen molar-refractivity contribution in [2.24, 2.45) is 11.3 Å². The van der Waals surface area contributed by atoms with Crippen LogP contribution in [0.5, 0.6) is 0 Å². The minimum atomic E-state index is -0.234. The van der Waals surface area contributed by atoms with Crippen LogP contribution in [0.4, 0.5) is 0 Å². The van der Waals surface area contributed by atoms with E-state index < -0.39 is 0 Å². The van der Waals surface area contributed by atoms with Crippen molar-refractivity contribution in [1.29, 1.82) is 0 Å². The molecule has 2 N–H and O–H groups in total. The van der Waals surface area contributed by atoms with E-state index in [0.29, 0.717) is 5.92 Å². The Hall–Kier alpha value is -0.120. The highest BCUT2D eigenvalue weighted by molar-refractivity contribution is 4.81. The standard InChI is InChI=1S/C13H27NO2/c1-13(2,3)12(16)5-6-14(4)9-10-7-11(15)8-10/h10-12,15-16H,5-9H2,1-4H3. The van der Waals surface area contributed by atoms with Gasteiger partial charge in [-0.3, -0.25) is 0 Å². The summed E-state index contributed by atoms with van der Waals surface area (Å²) < 4.78 is 0. The van der Waals surface area contributed by atoms with Crippen LogP contribution in [0, 0.1) is 11.3 Å². The van der Waals surface area contributed by atoms with E-state index in [1.165, 1.54) is 0 Å². The van der Waals surface area contributed by atoms with Gasteiger partial charge in [-0.15, -0.1) is 0 Å². The maximum Gasteiger partial charge on any atom is 0.0600 e. The number of nitrogens with zero attached hydrogens (tertiary/aromatic N) is 1. The first-order chi connectivity index (χ1) is 7.29. The molecule has 0 saturated heterocycles. The molecule has 0 heterocycles. The van der Waals surface area contributed by atoms with Crippen LogP contribution in [-0.2, 0) is 0 Å². The van der Waals surface area contributed by atoms with Gasteiger partial charge in [0.15, 0.2) is 0 Å². The van der Waals surface area contributed by atoms with Crippen LogP contribution in [0.15, 0.2) is 0 Å². The number of hydrogen-bond acceptors (Lipinski definition) is 3. The Bertz CT molecular complexity index is 206. The fourth-order valence-electron chi connectivity index (χ4n) is 2.16. The van der Waals surface area contributed by atoms with E-state index in [1.54, 1.807) is 0 Å². The highest BCUT2D eigenvalue weighted by atomic mass is 16.3. The lowest BCUT2D eigenvalue weighted by Gasteiger charge is -2.35. The summed E-state index contributed by atoms with van der Waals surface area (Å²) in [5, 5.41) is 19.1. The minimum Gasteiger partial charge on any atom is -0.393 e. The van der Waals surface area contributed by atoms with Gasteiger partial charge < -0.3 is 15.1 Å². The molecule has 3 nitrogen and oxygen atoms in total. The van der Waals surface area contributed by atoms with Crippen LogP contribution in [0.3, 0.4) is 0 Å². The van der Waals surface area contributed by atoms with Gasteiger partial charge in [-0.25, -0.2) is 0 Å². The molecule has 16 heavy (non-hydrogen) atoms. The number of rotatable bonds is 5. The Morgan fingerprint density at radius 2 is 1.88 bits per heavy atom. The van der Waals surface area contributed by atoms with Crippen molar-refractivity contribution in [3.05, 3.63) is 0 Å². The Morgan fingerprint density at radius 3 is 2.31 bits per heavy atom. The highest BCUT2D eigenvalue weighted by Crippen LogP contribution is 2.28. The molecule has 1 saturated carbocycles. The second kappa shape index (κ2) is 5.48. The summed E-state index contributed by atoms with van der Waals surface area (Å²) in [5.74, 6) is 0.659. The molecular formula is C13H27NO2. The van der Waals surface area contributed by atoms with Crippen molar-refractivity contribution in [2.45, 2.75) is 52.2 Å². The lowest BCUT2D eigenvalue weighted by atomic mass is 9.82. The summed E-state index contributed by atoms with van der Waals surface area (Å²) in [6.45, 7) is 8.19. The summed E-state index contributed by atoms with van der Waals surface area (Å²) in [7, 11) is 2.10. The fraction of sp³-hybridized carbons (Fsp3) is 1.00. The molecule has 0 spiro atoms. The zero-order chi connectivity index (χ0) is 12.3. The van der Waals surface area contributed by atoms with Gasteiger partial charge in [0.2, 0.25) is 0 Å². The van der Waals surface area contributed by atoms with Crippen molar-refractivity contribution < 1.29 is 10.2 Å². The Kier molecular flexibility index (Phi) is 4.77. The Labute approximate surface area is 99.5 Å². The van der Waals surface area contributed by atoms with Gasteiger partial charge in [0.25, 0.3) is 0 Å².